The summed E-state index contributed by atoms with van der Waals surface area (Å²) in [6.45, 7) is 0. The van der Waals surface area contributed by atoms with Gasteiger partial charge in [0.05, 0.1) is 20.4 Å². The van der Waals surface area contributed by atoms with Crippen LogP contribution in [0.5, 0.6) is 5.88 Å². The summed E-state index contributed by atoms with van der Waals surface area (Å²) in [7, 11) is 2.74. The van der Waals surface area contributed by atoms with Gasteiger partial charge in [0.15, 0.2) is 10.3 Å². The number of nitrogens with zero attached hydrogens (tertiary/aromatic N) is 2. The lowest BCUT2D eigenvalue weighted by molar-refractivity contribution is 0.0593. The predicted molar refractivity (Wildman–Crippen MR) is 47.6 cm³/mol. The van der Waals surface area contributed by atoms with E-state index in [9.17, 15) is 4.79 Å². The number of halogens is 1. The summed E-state index contributed by atoms with van der Waals surface area (Å²) in [4.78, 5) is 18.7. The van der Waals surface area contributed by atoms with Crippen molar-refractivity contribution in [3.8, 4) is 5.88 Å². The van der Waals surface area contributed by atoms with Crippen LogP contribution in [0.1, 0.15) is 10.5 Å². The van der Waals surface area contributed by atoms with Gasteiger partial charge in [-0.2, -0.15) is 0 Å². The Kier molecular flexibility index (Phi) is 3.18. The van der Waals surface area contributed by atoms with Crippen molar-refractivity contribution < 1.29 is 14.3 Å². The minimum absolute atomic E-state index is 0.134. The molecule has 6 heteroatoms. The molecule has 1 heterocycles. The Morgan fingerprint density at radius 3 is 2.69 bits per heavy atom. The zero-order valence-corrected chi connectivity index (χ0v) is 8.66. The number of carbonyl (C=O) groups is 1. The van der Waals surface area contributed by atoms with Crippen LogP contribution in [0.3, 0.4) is 0 Å². The molecule has 0 saturated carbocycles. The molecule has 0 fully saturated rings. The second-order valence-corrected chi connectivity index (χ2v) is 2.80. The van der Waals surface area contributed by atoms with Crippen LogP contribution in [0.15, 0.2) is 10.8 Å². The second kappa shape index (κ2) is 4.18. The molecule has 0 aliphatic rings. The Balaban J connectivity index is 3.02. The number of hydrogen-bond acceptors (Lipinski definition) is 5. The van der Waals surface area contributed by atoms with E-state index in [0.717, 1.165) is 0 Å². The van der Waals surface area contributed by atoms with E-state index in [1.54, 1.807) is 0 Å². The van der Waals surface area contributed by atoms with E-state index in [4.69, 9.17) is 4.74 Å². The van der Waals surface area contributed by atoms with Gasteiger partial charge in [0.2, 0.25) is 5.88 Å². The first-order chi connectivity index (χ1) is 6.19. The number of hydrogen-bond donors (Lipinski definition) is 0. The molecule has 5 nitrogen and oxygen atoms in total. The molecule has 0 radical (unpaired) electrons. The van der Waals surface area contributed by atoms with Crippen LogP contribution >= 0.6 is 15.9 Å². The number of methoxy groups -OCH3 is 2. The molecule has 0 amide bonds. The van der Waals surface area contributed by atoms with Gasteiger partial charge in [-0.25, -0.2) is 14.8 Å². The Labute approximate surface area is 83.2 Å². The third-order valence-corrected chi connectivity index (χ3v) is 1.80. The fourth-order valence-electron chi connectivity index (χ4n) is 0.695. The minimum atomic E-state index is -0.532. The fraction of sp³-hybridized carbons (Fsp3) is 0.286. The molecule has 1 aromatic rings. The molecular formula is C7H7BrN2O3. The first-order valence-electron chi connectivity index (χ1n) is 3.34. The van der Waals surface area contributed by atoms with E-state index in [1.165, 1.54) is 20.4 Å². The first kappa shape index (κ1) is 9.91. The highest BCUT2D eigenvalue weighted by atomic mass is 79.9. The number of aromatic nitrogens is 2. The molecule has 0 atom stereocenters. The van der Waals surface area contributed by atoms with E-state index in [2.05, 4.69) is 30.6 Å². The first-order valence-corrected chi connectivity index (χ1v) is 4.13. The van der Waals surface area contributed by atoms with Gasteiger partial charge >= 0.3 is 5.97 Å². The van der Waals surface area contributed by atoms with Gasteiger partial charge in [-0.3, -0.25) is 0 Å². The fourth-order valence-corrected chi connectivity index (χ4v) is 1.15. The lowest BCUT2D eigenvalue weighted by Gasteiger charge is -2.02. The summed E-state index contributed by atoms with van der Waals surface area (Å²) in [5.74, 6) is -0.205. The lowest BCUT2D eigenvalue weighted by Crippen LogP contribution is -2.06. The Morgan fingerprint density at radius 2 is 2.23 bits per heavy atom. The summed E-state index contributed by atoms with van der Waals surface area (Å²) in [6, 6.07) is 0. The van der Waals surface area contributed by atoms with Crippen molar-refractivity contribution in [2.45, 2.75) is 0 Å². The molecule has 0 N–H and O–H groups in total. The quantitative estimate of drug-likeness (QED) is 0.730. The summed E-state index contributed by atoms with van der Waals surface area (Å²) >= 11 is 3.10. The molecular weight excluding hydrogens is 240 g/mol. The molecule has 0 saturated heterocycles. The van der Waals surface area contributed by atoms with Crippen molar-refractivity contribution >= 4 is 21.9 Å². The lowest BCUT2D eigenvalue weighted by atomic mass is 10.4. The summed E-state index contributed by atoms with van der Waals surface area (Å²) in [5, 5.41) is 0. The van der Waals surface area contributed by atoms with E-state index < -0.39 is 5.97 Å². The van der Waals surface area contributed by atoms with Crippen LogP contribution in [-0.2, 0) is 4.74 Å². The smallest absolute Gasteiger partial charge is 0.358 e. The third kappa shape index (κ3) is 2.15. The molecule has 0 spiro atoms. The van der Waals surface area contributed by atoms with Crippen molar-refractivity contribution in [2.24, 2.45) is 0 Å². The van der Waals surface area contributed by atoms with Gasteiger partial charge < -0.3 is 9.47 Å². The van der Waals surface area contributed by atoms with Crippen LogP contribution in [0, 0.1) is 0 Å². The van der Waals surface area contributed by atoms with Gasteiger partial charge in [-0.05, 0) is 15.9 Å². The van der Waals surface area contributed by atoms with Gasteiger partial charge in [0.25, 0.3) is 0 Å². The summed E-state index contributed by atoms with van der Waals surface area (Å²) < 4.78 is 9.68. The van der Waals surface area contributed by atoms with Crippen molar-refractivity contribution in [3.63, 3.8) is 0 Å². The largest absolute Gasteiger partial charge is 0.479 e. The molecule has 0 aliphatic carbocycles. The second-order valence-electron chi connectivity index (χ2n) is 2.05. The maximum Gasteiger partial charge on any atom is 0.358 e. The normalized spacial score (nSPS) is 9.46. The Bertz CT molecular complexity index is 330. The van der Waals surface area contributed by atoms with Gasteiger partial charge in [-0.15, -0.1) is 0 Å². The van der Waals surface area contributed by atoms with Crippen LogP contribution in [0.25, 0.3) is 0 Å². The minimum Gasteiger partial charge on any atom is -0.479 e. The van der Waals surface area contributed by atoms with Gasteiger partial charge in [0, 0.05) is 0 Å². The molecule has 0 unspecified atom stereocenters. The summed E-state index contributed by atoms with van der Waals surface area (Å²) in [6.07, 6.45) is 1.29. The number of carbonyl (C=O) groups excluding carboxylic acids is 1. The molecule has 1 rings (SSSR count). The average Bonchev–Trinajstić information content (AvgIpc) is 2.16. The van der Waals surface area contributed by atoms with Crippen molar-refractivity contribution in [3.05, 3.63) is 16.5 Å². The predicted octanol–water partition coefficient (Wildman–Crippen LogP) is 1.03. The van der Waals surface area contributed by atoms with Crippen molar-refractivity contribution in [1.29, 1.82) is 0 Å². The Morgan fingerprint density at radius 1 is 1.54 bits per heavy atom. The molecule has 0 bridgehead atoms. The highest BCUT2D eigenvalue weighted by molar-refractivity contribution is 9.10. The summed E-state index contributed by atoms with van der Waals surface area (Å²) in [5.41, 5.74) is 0.134. The van der Waals surface area contributed by atoms with Crippen molar-refractivity contribution in [2.75, 3.05) is 14.2 Å². The molecule has 13 heavy (non-hydrogen) atoms. The highest BCUT2D eigenvalue weighted by Crippen LogP contribution is 2.18. The molecule has 1 aromatic heterocycles. The number of ether oxygens (including phenoxy) is 2. The molecule has 70 valence electrons. The van der Waals surface area contributed by atoms with Crippen LogP contribution in [0.2, 0.25) is 0 Å². The highest BCUT2D eigenvalue weighted by Gasteiger charge is 2.11. The standard InChI is InChI=1S/C7H7BrN2O3/c1-12-6-5(8)10-4(3-9-6)7(11)13-2/h3H,1-2H3. The zero-order chi connectivity index (χ0) is 9.84. The maximum absolute atomic E-state index is 11.0. The molecule has 0 aromatic carbocycles. The van der Waals surface area contributed by atoms with E-state index in [1.807, 2.05) is 0 Å². The topological polar surface area (TPSA) is 61.3 Å². The maximum atomic E-state index is 11.0. The number of rotatable bonds is 2. The van der Waals surface area contributed by atoms with E-state index in [0.29, 0.717) is 10.5 Å². The van der Waals surface area contributed by atoms with Crippen LogP contribution in [-0.4, -0.2) is 30.2 Å². The third-order valence-electron chi connectivity index (χ3n) is 1.29. The SMILES string of the molecule is COC(=O)c1cnc(OC)c(Br)n1. The Hall–Kier alpha value is -1.17. The van der Waals surface area contributed by atoms with Crippen molar-refractivity contribution in [1.82, 2.24) is 9.97 Å². The monoisotopic (exact) mass is 246 g/mol. The van der Waals surface area contributed by atoms with E-state index in [-0.39, 0.29) is 5.69 Å². The van der Waals surface area contributed by atoms with Gasteiger partial charge in [0.1, 0.15) is 0 Å². The van der Waals surface area contributed by atoms with E-state index >= 15 is 0 Å². The van der Waals surface area contributed by atoms with Crippen LogP contribution in [0.4, 0.5) is 0 Å². The van der Waals surface area contributed by atoms with Gasteiger partial charge in [-0.1, -0.05) is 0 Å². The zero-order valence-electron chi connectivity index (χ0n) is 7.07. The van der Waals surface area contributed by atoms with Crippen LogP contribution < -0.4 is 4.74 Å². The number of esters is 1. The molecule has 0 aliphatic heterocycles. The average molecular weight is 247 g/mol.